The van der Waals surface area contributed by atoms with E-state index in [0.717, 1.165) is 19.3 Å². The number of urea groups is 1. The van der Waals surface area contributed by atoms with Crippen molar-refractivity contribution < 1.29 is 19.4 Å². The van der Waals surface area contributed by atoms with Gasteiger partial charge in [-0.2, -0.15) is 0 Å². The molecule has 2 N–H and O–H groups in total. The fourth-order valence-corrected chi connectivity index (χ4v) is 4.44. The summed E-state index contributed by atoms with van der Waals surface area (Å²) in [6, 6.07) is -0.969. The number of ether oxygens (including phenoxy) is 1. The molecule has 3 atom stereocenters. The lowest BCUT2D eigenvalue weighted by atomic mass is 10.0. The van der Waals surface area contributed by atoms with Crippen molar-refractivity contribution in [2.24, 2.45) is 5.92 Å². The van der Waals surface area contributed by atoms with E-state index < -0.39 is 12.0 Å². The summed E-state index contributed by atoms with van der Waals surface area (Å²) in [5.74, 6) is 0.0308. The monoisotopic (exact) mass is 300 g/mol. The molecule has 0 radical (unpaired) electrons. The van der Waals surface area contributed by atoms with Gasteiger partial charge in [0.25, 0.3) is 0 Å². The summed E-state index contributed by atoms with van der Waals surface area (Å²) >= 11 is 1.60. The largest absolute Gasteiger partial charge is 0.480 e. The van der Waals surface area contributed by atoms with Crippen LogP contribution in [0.3, 0.4) is 0 Å². The number of thioether (sulfide) groups is 1. The van der Waals surface area contributed by atoms with Gasteiger partial charge in [-0.1, -0.05) is 0 Å². The van der Waals surface area contributed by atoms with Crippen LogP contribution >= 0.6 is 11.8 Å². The van der Waals surface area contributed by atoms with Crippen LogP contribution in [0.25, 0.3) is 0 Å². The molecule has 0 spiro atoms. The zero-order valence-electron chi connectivity index (χ0n) is 11.5. The molecule has 0 bridgehead atoms. The van der Waals surface area contributed by atoms with Crippen LogP contribution in [0, 0.1) is 5.92 Å². The van der Waals surface area contributed by atoms with Gasteiger partial charge in [-0.05, 0) is 32.1 Å². The number of hydrogen-bond donors (Lipinski definition) is 2. The molecule has 2 amide bonds. The summed E-state index contributed by atoms with van der Waals surface area (Å²) in [6.07, 6.45) is 2.95. The first kappa shape index (κ1) is 14.0. The molecule has 2 aliphatic heterocycles. The van der Waals surface area contributed by atoms with E-state index in [4.69, 9.17) is 4.74 Å². The molecule has 0 aromatic heterocycles. The quantitative estimate of drug-likeness (QED) is 0.816. The first-order valence-electron chi connectivity index (χ1n) is 7.03. The molecule has 7 heteroatoms. The number of nitrogens with one attached hydrogen (secondary N) is 1. The Morgan fingerprint density at radius 1 is 1.45 bits per heavy atom. The van der Waals surface area contributed by atoms with Gasteiger partial charge < -0.3 is 15.2 Å². The molecule has 3 unspecified atom stereocenters. The van der Waals surface area contributed by atoms with Gasteiger partial charge in [0.15, 0.2) is 0 Å². The number of amides is 2. The SMILES string of the molecule is CC1(NC(=O)N2C(C(=O)O)CSC2C2CC2)CCOC1. The van der Waals surface area contributed by atoms with Gasteiger partial charge in [0.2, 0.25) is 0 Å². The second-order valence-electron chi connectivity index (χ2n) is 6.12. The predicted octanol–water partition coefficient (Wildman–Crippen LogP) is 1.11. The Hall–Kier alpha value is -0.950. The van der Waals surface area contributed by atoms with Crippen molar-refractivity contribution in [3.63, 3.8) is 0 Å². The first-order valence-corrected chi connectivity index (χ1v) is 8.08. The Kier molecular flexibility index (Phi) is 3.58. The number of hydrogen-bond acceptors (Lipinski definition) is 4. The maximum Gasteiger partial charge on any atom is 0.327 e. The first-order chi connectivity index (χ1) is 9.50. The van der Waals surface area contributed by atoms with E-state index in [1.165, 1.54) is 0 Å². The minimum absolute atomic E-state index is 0.0158. The second-order valence-corrected chi connectivity index (χ2v) is 7.27. The van der Waals surface area contributed by atoms with E-state index in [0.29, 0.717) is 24.9 Å². The van der Waals surface area contributed by atoms with Crippen LogP contribution in [0.2, 0.25) is 0 Å². The Bertz CT molecular complexity index is 421. The number of carbonyl (C=O) groups excluding carboxylic acids is 1. The third kappa shape index (κ3) is 2.61. The number of aliphatic carboxylic acids is 1. The van der Waals surface area contributed by atoms with E-state index in [2.05, 4.69) is 5.32 Å². The van der Waals surface area contributed by atoms with Crippen LogP contribution in [0.4, 0.5) is 4.79 Å². The van der Waals surface area contributed by atoms with E-state index in [1.54, 1.807) is 16.7 Å². The Morgan fingerprint density at radius 2 is 2.20 bits per heavy atom. The topological polar surface area (TPSA) is 78.9 Å². The maximum atomic E-state index is 12.5. The average Bonchev–Trinajstić information content (AvgIpc) is 2.97. The maximum absolute atomic E-state index is 12.5. The number of carboxylic acids is 1. The number of carbonyl (C=O) groups is 2. The molecule has 3 rings (SSSR count). The van der Waals surface area contributed by atoms with E-state index >= 15 is 0 Å². The third-order valence-electron chi connectivity index (χ3n) is 4.21. The molecule has 0 aromatic rings. The normalized spacial score (nSPS) is 37.1. The minimum atomic E-state index is -0.913. The highest BCUT2D eigenvalue weighted by molar-refractivity contribution is 8.00. The molecule has 20 heavy (non-hydrogen) atoms. The number of nitrogens with zero attached hydrogens (tertiary/aromatic N) is 1. The highest BCUT2D eigenvalue weighted by Gasteiger charge is 2.49. The van der Waals surface area contributed by atoms with Crippen molar-refractivity contribution in [1.29, 1.82) is 0 Å². The molecule has 3 fully saturated rings. The summed E-state index contributed by atoms with van der Waals surface area (Å²) < 4.78 is 5.33. The zero-order chi connectivity index (χ0) is 14.3. The van der Waals surface area contributed by atoms with Crippen molar-refractivity contribution in [1.82, 2.24) is 10.2 Å². The highest BCUT2D eigenvalue weighted by atomic mass is 32.2. The molecular weight excluding hydrogens is 280 g/mol. The summed E-state index contributed by atoms with van der Waals surface area (Å²) in [4.78, 5) is 25.5. The van der Waals surface area contributed by atoms with E-state index in [1.807, 2.05) is 6.92 Å². The minimum Gasteiger partial charge on any atom is -0.480 e. The molecular formula is C13H20N2O4S. The van der Waals surface area contributed by atoms with Crippen LogP contribution in [0.15, 0.2) is 0 Å². The van der Waals surface area contributed by atoms with Crippen LogP contribution in [-0.4, -0.2) is 57.9 Å². The molecule has 0 aromatic carbocycles. The van der Waals surface area contributed by atoms with Crippen LogP contribution < -0.4 is 5.32 Å². The van der Waals surface area contributed by atoms with Gasteiger partial charge in [0.1, 0.15) is 6.04 Å². The summed E-state index contributed by atoms with van der Waals surface area (Å²) in [5, 5.41) is 12.3. The fraction of sp³-hybridized carbons (Fsp3) is 0.846. The Labute approximate surface area is 122 Å². The van der Waals surface area contributed by atoms with Crippen LogP contribution in [0.5, 0.6) is 0 Å². The van der Waals surface area contributed by atoms with Crippen molar-refractivity contribution in [2.45, 2.75) is 43.1 Å². The van der Waals surface area contributed by atoms with Crippen molar-refractivity contribution >= 4 is 23.8 Å². The standard InChI is InChI=1S/C13H20N2O4S/c1-13(4-5-19-7-13)14-12(18)15-9(11(16)17)6-20-10(15)8-2-3-8/h8-10H,2-7H2,1H3,(H,14,18)(H,16,17). The zero-order valence-corrected chi connectivity index (χ0v) is 12.3. The highest BCUT2D eigenvalue weighted by Crippen LogP contribution is 2.45. The van der Waals surface area contributed by atoms with Gasteiger partial charge in [-0.25, -0.2) is 9.59 Å². The van der Waals surface area contributed by atoms with Gasteiger partial charge >= 0.3 is 12.0 Å². The van der Waals surface area contributed by atoms with Crippen LogP contribution in [0.1, 0.15) is 26.2 Å². The Morgan fingerprint density at radius 3 is 2.75 bits per heavy atom. The van der Waals surface area contributed by atoms with Gasteiger partial charge in [-0.15, -0.1) is 11.8 Å². The lowest BCUT2D eigenvalue weighted by Gasteiger charge is -2.32. The van der Waals surface area contributed by atoms with Crippen LogP contribution in [-0.2, 0) is 9.53 Å². The number of carboxylic acid groups (broad SMARTS) is 1. The average molecular weight is 300 g/mol. The molecule has 1 saturated carbocycles. The second kappa shape index (κ2) is 5.11. The van der Waals surface area contributed by atoms with E-state index in [9.17, 15) is 14.7 Å². The van der Waals surface area contributed by atoms with Crippen molar-refractivity contribution in [3.8, 4) is 0 Å². The summed E-state index contributed by atoms with van der Waals surface area (Å²) in [6.45, 7) is 3.08. The van der Waals surface area contributed by atoms with Gasteiger partial charge in [0.05, 0.1) is 17.5 Å². The fourth-order valence-electron chi connectivity index (χ4n) is 2.81. The summed E-state index contributed by atoms with van der Waals surface area (Å²) in [7, 11) is 0. The predicted molar refractivity (Wildman–Crippen MR) is 74.6 cm³/mol. The van der Waals surface area contributed by atoms with Gasteiger partial charge in [0, 0.05) is 12.4 Å². The third-order valence-corrected chi connectivity index (χ3v) is 5.67. The van der Waals surface area contributed by atoms with Gasteiger partial charge in [-0.3, -0.25) is 4.90 Å². The van der Waals surface area contributed by atoms with E-state index in [-0.39, 0.29) is 16.9 Å². The smallest absolute Gasteiger partial charge is 0.327 e. The molecule has 3 aliphatic rings. The molecule has 1 aliphatic carbocycles. The molecule has 112 valence electrons. The summed E-state index contributed by atoms with van der Waals surface area (Å²) in [5.41, 5.74) is -0.374. The molecule has 2 saturated heterocycles. The van der Waals surface area contributed by atoms with Crippen molar-refractivity contribution in [2.75, 3.05) is 19.0 Å². The van der Waals surface area contributed by atoms with Crippen molar-refractivity contribution in [3.05, 3.63) is 0 Å². The molecule has 2 heterocycles. The number of rotatable bonds is 3. The lowest BCUT2D eigenvalue weighted by Crippen LogP contribution is -2.57. The Balaban J connectivity index is 1.73. The lowest BCUT2D eigenvalue weighted by molar-refractivity contribution is -0.141. The molecule has 6 nitrogen and oxygen atoms in total.